The van der Waals surface area contributed by atoms with Crippen molar-refractivity contribution in [3.63, 3.8) is 0 Å². The Balaban J connectivity index is 2.59. The largest absolute Gasteiger partial charge is 0.497 e. The van der Waals surface area contributed by atoms with E-state index in [1.54, 1.807) is 10.8 Å². The van der Waals surface area contributed by atoms with Gasteiger partial charge in [-0.2, -0.15) is 0 Å². The second-order valence-corrected chi connectivity index (χ2v) is 12.5. The van der Waals surface area contributed by atoms with Gasteiger partial charge in [-0.1, -0.05) is 88.3 Å². The molecule has 2 rings (SSSR count). The quantitative estimate of drug-likeness (QED) is 0.648. The van der Waals surface area contributed by atoms with Crippen molar-refractivity contribution in [2.24, 2.45) is 0 Å². The molecule has 0 amide bonds. The summed E-state index contributed by atoms with van der Waals surface area (Å²) in [5.74, 6) is 1.12. The van der Waals surface area contributed by atoms with Gasteiger partial charge >= 0.3 is 0 Å². The van der Waals surface area contributed by atoms with Crippen LogP contribution >= 0.6 is 0 Å². The molecule has 0 bridgehead atoms. The molecule has 1 aliphatic carbocycles. The maximum Gasteiger partial charge on any atom is 0.122 e. The van der Waals surface area contributed by atoms with Crippen LogP contribution in [0.4, 0.5) is 0 Å². The molecular weight excluding hydrogens is 296 g/mol. The number of ether oxygens (including phenoxy) is 1. The minimum absolute atomic E-state index is 0.0976. The molecule has 1 aliphatic rings. The average Bonchev–Trinajstić information content (AvgIpc) is 2.95. The highest BCUT2D eigenvalue weighted by Gasteiger charge is 2.35. The smallest absolute Gasteiger partial charge is 0.122 e. The molecule has 0 aliphatic heterocycles. The van der Waals surface area contributed by atoms with Crippen LogP contribution in [-0.4, -0.2) is 15.2 Å². The molecule has 0 spiro atoms. The summed E-state index contributed by atoms with van der Waals surface area (Å²) < 4.78 is 5.94. The number of para-hydroxylation sites is 1. The minimum atomic E-state index is -1.73. The fraction of sp³-hybridized carbons (Fsp3) is 0.524. The Morgan fingerprint density at radius 2 is 1.87 bits per heavy atom. The molecule has 0 N–H and O–H groups in total. The zero-order valence-corrected chi connectivity index (χ0v) is 16.9. The van der Waals surface area contributed by atoms with Crippen molar-refractivity contribution < 1.29 is 4.74 Å². The number of allylic oxidation sites excluding steroid dienone is 4. The van der Waals surface area contributed by atoms with E-state index in [2.05, 4.69) is 71.1 Å². The first-order valence-electron chi connectivity index (χ1n) is 8.80. The van der Waals surface area contributed by atoms with Crippen LogP contribution in [0.2, 0.25) is 13.1 Å². The van der Waals surface area contributed by atoms with Gasteiger partial charge in [-0.25, -0.2) is 0 Å². The second-order valence-electron chi connectivity index (χ2n) is 8.12. The number of hydrogen-bond acceptors (Lipinski definition) is 1. The molecule has 0 fully saturated rings. The highest BCUT2D eigenvalue weighted by Crippen LogP contribution is 2.36. The van der Waals surface area contributed by atoms with Crippen LogP contribution in [0.3, 0.4) is 0 Å². The molecular formula is C21H32OSi. The molecule has 0 aromatic heterocycles. The first-order valence-corrected chi connectivity index (χ1v) is 11.8. The molecule has 0 radical (unpaired) electrons. The van der Waals surface area contributed by atoms with E-state index < -0.39 is 8.07 Å². The summed E-state index contributed by atoms with van der Waals surface area (Å²) in [6, 6.07) is 6.74. The number of benzene rings is 1. The summed E-state index contributed by atoms with van der Waals surface area (Å²) in [6.07, 6.45) is 8.23. The summed E-state index contributed by atoms with van der Waals surface area (Å²) in [4.78, 5) is 0. The van der Waals surface area contributed by atoms with Crippen LogP contribution in [0.25, 0.3) is 0 Å². The molecule has 126 valence electrons. The maximum absolute atomic E-state index is 5.94. The third kappa shape index (κ3) is 3.47. The highest BCUT2D eigenvalue weighted by atomic mass is 28.3. The van der Waals surface area contributed by atoms with E-state index in [1.807, 2.05) is 7.11 Å². The Morgan fingerprint density at radius 3 is 2.43 bits per heavy atom. The third-order valence-corrected chi connectivity index (χ3v) is 8.78. The topological polar surface area (TPSA) is 9.23 Å². The van der Waals surface area contributed by atoms with Gasteiger partial charge in [0.2, 0.25) is 0 Å². The SMILES string of the molecule is CCCC1=C([Si](C)(C)c2cccc(C(C)(C)C)c2OC)CC=C1. The van der Waals surface area contributed by atoms with Gasteiger partial charge < -0.3 is 4.74 Å². The average molecular weight is 329 g/mol. The lowest BCUT2D eigenvalue weighted by Crippen LogP contribution is -2.45. The lowest BCUT2D eigenvalue weighted by Gasteiger charge is -2.32. The molecule has 1 nitrogen and oxygen atoms in total. The molecule has 0 unspecified atom stereocenters. The molecule has 1 aromatic carbocycles. The first-order chi connectivity index (χ1) is 10.7. The van der Waals surface area contributed by atoms with E-state index in [0.29, 0.717) is 0 Å². The summed E-state index contributed by atoms with van der Waals surface area (Å²) in [5.41, 5.74) is 2.99. The van der Waals surface area contributed by atoms with E-state index in [0.717, 1.165) is 12.2 Å². The van der Waals surface area contributed by atoms with Crippen molar-refractivity contribution in [1.29, 1.82) is 0 Å². The van der Waals surface area contributed by atoms with E-state index >= 15 is 0 Å². The Kier molecular flexibility index (Phi) is 5.25. The summed E-state index contributed by atoms with van der Waals surface area (Å²) in [6.45, 7) is 14.0. The van der Waals surface area contributed by atoms with Crippen molar-refractivity contribution in [2.75, 3.05) is 7.11 Å². The fourth-order valence-corrected chi connectivity index (χ4v) is 6.99. The van der Waals surface area contributed by atoms with Crippen molar-refractivity contribution >= 4 is 13.3 Å². The Labute approximate surface area is 143 Å². The van der Waals surface area contributed by atoms with E-state index in [1.165, 1.54) is 23.6 Å². The van der Waals surface area contributed by atoms with Crippen molar-refractivity contribution in [1.82, 2.24) is 0 Å². The predicted molar refractivity (Wildman–Crippen MR) is 105 cm³/mol. The monoisotopic (exact) mass is 328 g/mol. The zero-order valence-electron chi connectivity index (χ0n) is 15.9. The van der Waals surface area contributed by atoms with Crippen LogP contribution in [-0.2, 0) is 5.41 Å². The van der Waals surface area contributed by atoms with Gasteiger partial charge in [0.25, 0.3) is 0 Å². The van der Waals surface area contributed by atoms with Crippen molar-refractivity contribution in [3.05, 3.63) is 46.7 Å². The van der Waals surface area contributed by atoms with Crippen LogP contribution < -0.4 is 9.92 Å². The van der Waals surface area contributed by atoms with Crippen LogP contribution in [0, 0.1) is 0 Å². The third-order valence-electron chi connectivity index (χ3n) is 5.00. The van der Waals surface area contributed by atoms with Gasteiger partial charge in [-0.05, 0) is 29.0 Å². The minimum Gasteiger partial charge on any atom is -0.497 e. The molecule has 2 heteroatoms. The van der Waals surface area contributed by atoms with E-state index in [4.69, 9.17) is 4.74 Å². The van der Waals surface area contributed by atoms with Crippen LogP contribution in [0.1, 0.15) is 52.5 Å². The first kappa shape index (κ1) is 18.1. The van der Waals surface area contributed by atoms with Gasteiger partial charge in [0.15, 0.2) is 0 Å². The van der Waals surface area contributed by atoms with Gasteiger partial charge in [-0.3, -0.25) is 0 Å². The predicted octanol–water partition coefficient (Wildman–Crippen LogP) is 5.50. The van der Waals surface area contributed by atoms with Crippen LogP contribution in [0.15, 0.2) is 41.1 Å². The normalized spacial score (nSPS) is 15.4. The van der Waals surface area contributed by atoms with Crippen molar-refractivity contribution in [3.8, 4) is 5.75 Å². The molecule has 0 atom stereocenters. The molecule has 0 saturated heterocycles. The number of rotatable bonds is 5. The highest BCUT2D eigenvalue weighted by molar-refractivity contribution is 6.96. The van der Waals surface area contributed by atoms with Crippen molar-refractivity contribution in [2.45, 2.75) is 65.5 Å². The number of methoxy groups -OCH3 is 1. The van der Waals surface area contributed by atoms with Gasteiger partial charge in [-0.15, -0.1) is 0 Å². The van der Waals surface area contributed by atoms with E-state index in [-0.39, 0.29) is 5.41 Å². The van der Waals surface area contributed by atoms with Crippen LogP contribution in [0.5, 0.6) is 5.75 Å². The molecule has 0 saturated carbocycles. The number of hydrogen-bond donors (Lipinski definition) is 0. The van der Waals surface area contributed by atoms with E-state index in [9.17, 15) is 0 Å². The summed E-state index contributed by atoms with van der Waals surface area (Å²) >= 11 is 0. The lowest BCUT2D eigenvalue weighted by molar-refractivity contribution is 0.400. The molecule has 0 heterocycles. The van der Waals surface area contributed by atoms with Gasteiger partial charge in [0.05, 0.1) is 7.11 Å². The van der Waals surface area contributed by atoms with Gasteiger partial charge in [0.1, 0.15) is 13.8 Å². The molecule has 23 heavy (non-hydrogen) atoms. The lowest BCUT2D eigenvalue weighted by atomic mass is 9.86. The standard InChI is InChI=1S/C21H32OSi/c1-8-11-16-12-9-14-18(16)23(6,7)19-15-10-13-17(20(19)22-5)21(2,3)4/h9-10,12-13,15H,8,11,14H2,1-7H3. The maximum atomic E-state index is 5.94. The summed E-state index contributed by atoms with van der Waals surface area (Å²) in [5, 5.41) is 3.13. The Morgan fingerprint density at radius 1 is 1.17 bits per heavy atom. The fourth-order valence-electron chi connectivity index (χ4n) is 3.71. The Hall–Kier alpha value is -1.28. The zero-order chi connectivity index (χ0) is 17.3. The Bertz CT molecular complexity index is 630. The second kappa shape index (κ2) is 6.68. The molecule has 1 aromatic rings. The van der Waals surface area contributed by atoms with Gasteiger partial charge in [0, 0.05) is 0 Å². The summed E-state index contributed by atoms with van der Waals surface area (Å²) in [7, 11) is 0.0959.